The van der Waals surface area contributed by atoms with Gasteiger partial charge in [-0.05, 0) is 80.7 Å². The van der Waals surface area contributed by atoms with Crippen LogP contribution in [0.5, 0.6) is 0 Å². The summed E-state index contributed by atoms with van der Waals surface area (Å²) < 4.78 is 0. The molecule has 0 amide bonds. The first-order valence-electron chi connectivity index (χ1n) is 8.49. The lowest BCUT2D eigenvalue weighted by molar-refractivity contribution is 0.0696. The Morgan fingerprint density at radius 2 is 1.75 bits per heavy atom. The topological polar surface area (TPSA) is 40.5 Å². The second-order valence-corrected chi connectivity index (χ2v) is 7.10. The van der Waals surface area contributed by atoms with Gasteiger partial charge in [-0.2, -0.15) is 0 Å². The molecule has 0 saturated heterocycles. The number of nitrogens with zero attached hydrogens (tertiary/aromatic N) is 1. The maximum absolute atomic E-state index is 11.4. The summed E-state index contributed by atoms with van der Waals surface area (Å²) in [7, 11) is 4.14. The number of fused-ring (bicyclic) bond motifs is 1. The summed E-state index contributed by atoms with van der Waals surface area (Å²) in [5.74, 6) is -0.512. The highest BCUT2D eigenvalue weighted by Gasteiger charge is 2.30. The van der Waals surface area contributed by atoms with E-state index in [0.717, 1.165) is 18.4 Å². The molecule has 3 rings (SSSR count). The van der Waals surface area contributed by atoms with Gasteiger partial charge in [-0.3, -0.25) is 0 Å². The highest BCUT2D eigenvalue weighted by molar-refractivity contribution is 5.88. The Morgan fingerprint density at radius 3 is 2.38 bits per heavy atom. The number of hydrogen-bond donors (Lipinski definition) is 1. The van der Waals surface area contributed by atoms with Crippen molar-refractivity contribution in [2.75, 3.05) is 14.1 Å². The number of carboxylic acids is 1. The van der Waals surface area contributed by atoms with Crippen molar-refractivity contribution in [1.82, 2.24) is 4.90 Å². The molecule has 0 aromatic heterocycles. The van der Waals surface area contributed by atoms with Crippen LogP contribution < -0.4 is 0 Å². The largest absolute Gasteiger partial charge is 0.478 e. The lowest BCUT2D eigenvalue weighted by Crippen LogP contribution is -2.26. The third-order valence-corrected chi connectivity index (χ3v) is 5.35. The monoisotopic (exact) mass is 323 g/mol. The predicted octanol–water partition coefficient (Wildman–Crippen LogP) is 4.53. The number of benzene rings is 2. The normalized spacial score (nSPS) is 20.0. The zero-order valence-corrected chi connectivity index (χ0v) is 14.8. The molecule has 0 bridgehead atoms. The molecule has 126 valence electrons. The van der Waals surface area contributed by atoms with Crippen molar-refractivity contribution in [3.8, 4) is 0 Å². The summed E-state index contributed by atoms with van der Waals surface area (Å²) in [6.45, 7) is 4.29. The Balaban J connectivity index is 2.10. The summed E-state index contributed by atoms with van der Waals surface area (Å²) >= 11 is 0. The first-order chi connectivity index (χ1) is 11.4. The molecular formula is C21H25NO2. The highest BCUT2D eigenvalue weighted by atomic mass is 16.4. The maximum Gasteiger partial charge on any atom is 0.335 e. The van der Waals surface area contributed by atoms with E-state index >= 15 is 0 Å². The molecule has 2 aromatic carbocycles. The van der Waals surface area contributed by atoms with E-state index in [1.165, 1.54) is 22.3 Å². The zero-order chi connectivity index (χ0) is 17.4. The van der Waals surface area contributed by atoms with Gasteiger partial charge in [0, 0.05) is 12.0 Å². The smallest absolute Gasteiger partial charge is 0.335 e. The zero-order valence-electron chi connectivity index (χ0n) is 14.8. The van der Waals surface area contributed by atoms with E-state index in [1.807, 2.05) is 12.1 Å². The third kappa shape index (κ3) is 2.96. The molecule has 2 atom stereocenters. The molecule has 0 radical (unpaired) electrons. The fourth-order valence-corrected chi connectivity index (χ4v) is 3.81. The molecule has 3 nitrogen and oxygen atoms in total. The van der Waals surface area contributed by atoms with E-state index in [9.17, 15) is 9.90 Å². The Kier molecular flexibility index (Phi) is 4.46. The number of hydrogen-bond acceptors (Lipinski definition) is 2. The van der Waals surface area contributed by atoms with Crippen LogP contribution in [0.3, 0.4) is 0 Å². The van der Waals surface area contributed by atoms with E-state index in [2.05, 4.69) is 51.0 Å². The van der Waals surface area contributed by atoms with E-state index in [-0.39, 0.29) is 6.04 Å². The molecular weight excluding hydrogens is 298 g/mol. The molecule has 0 saturated carbocycles. The number of aromatic carboxylic acids is 1. The molecule has 1 N–H and O–H groups in total. The minimum Gasteiger partial charge on any atom is -0.478 e. The van der Waals surface area contributed by atoms with Crippen molar-refractivity contribution in [3.05, 3.63) is 69.8 Å². The quantitative estimate of drug-likeness (QED) is 0.902. The maximum atomic E-state index is 11.4. The van der Waals surface area contributed by atoms with E-state index in [1.54, 1.807) is 6.07 Å². The number of carboxylic acid groups (broad SMARTS) is 1. The first-order valence-corrected chi connectivity index (χ1v) is 8.49. The van der Waals surface area contributed by atoms with Gasteiger partial charge >= 0.3 is 5.97 Å². The van der Waals surface area contributed by atoms with Crippen LogP contribution in [0.2, 0.25) is 0 Å². The van der Waals surface area contributed by atoms with Crippen LogP contribution in [0.1, 0.15) is 63.0 Å². The minimum atomic E-state index is -0.858. The van der Waals surface area contributed by atoms with Gasteiger partial charge in [0.05, 0.1) is 5.56 Å². The number of rotatable bonds is 3. The van der Waals surface area contributed by atoms with Crippen molar-refractivity contribution < 1.29 is 9.90 Å². The van der Waals surface area contributed by atoms with Gasteiger partial charge in [0.2, 0.25) is 0 Å². The number of aryl methyl sites for hydroxylation is 2. The fourth-order valence-electron chi connectivity index (χ4n) is 3.81. The molecule has 2 aromatic rings. The standard InChI is InChI=1S/C21H25NO2/c1-13-5-6-15(11-14(13)2)17-9-10-20(22(3)4)19-12-16(21(23)24)7-8-18(17)19/h5-8,11-12,17,20H,9-10H2,1-4H3,(H,23,24)/t17-,20-/m0/s1. The highest BCUT2D eigenvalue weighted by Crippen LogP contribution is 2.43. The number of carbonyl (C=O) groups is 1. The third-order valence-electron chi connectivity index (χ3n) is 5.35. The molecule has 0 unspecified atom stereocenters. The molecule has 1 aliphatic rings. The van der Waals surface area contributed by atoms with Gasteiger partial charge in [-0.25, -0.2) is 4.79 Å². The second-order valence-electron chi connectivity index (χ2n) is 7.10. The summed E-state index contributed by atoms with van der Waals surface area (Å²) in [6, 6.07) is 12.6. The Hall–Kier alpha value is -2.13. The van der Waals surface area contributed by atoms with Gasteiger partial charge in [0.15, 0.2) is 0 Å². The van der Waals surface area contributed by atoms with Crippen molar-refractivity contribution in [2.45, 2.75) is 38.6 Å². The summed E-state index contributed by atoms with van der Waals surface area (Å²) in [5, 5.41) is 9.35. The lowest BCUT2D eigenvalue weighted by atomic mass is 9.75. The fraction of sp³-hybridized carbons (Fsp3) is 0.381. The van der Waals surface area contributed by atoms with Crippen molar-refractivity contribution in [2.24, 2.45) is 0 Å². The molecule has 0 heterocycles. The molecule has 3 heteroatoms. The van der Waals surface area contributed by atoms with Crippen molar-refractivity contribution >= 4 is 5.97 Å². The first kappa shape index (κ1) is 16.7. The van der Waals surface area contributed by atoms with Gasteiger partial charge in [-0.15, -0.1) is 0 Å². The van der Waals surface area contributed by atoms with E-state index < -0.39 is 5.97 Å². The molecule has 24 heavy (non-hydrogen) atoms. The van der Waals surface area contributed by atoms with Crippen LogP contribution in [0, 0.1) is 13.8 Å². The Morgan fingerprint density at radius 1 is 1.00 bits per heavy atom. The second kappa shape index (κ2) is 6.40. The van der Waals surface area contributed by atoms with Crippen molar-refractivity contribution in [3.63, 3.8) is 0 Å². The van der Waals surface area contributed by atoms with Gasteiger partial charge < -0.3 is 10.0 Å². The Bertz CT molecular complexity index is 779. The lowest BCUT2D eigenvalue weighted by Gasteiger charge is -2.36. The molecule has 0 spiro atoms. The summed E-state index contributed by atoms with van der Waals surface area (Å²) in [5.41, 5.74) is 6.76. The molecule has 0 fully saturated rings. The molecule has 1 aliphatic carbocycles. The van der Waals surface area contributed by atoms with Crippen LogP contribution in [-0.2, 0) is 0 Å². The Labute approximate surface area is 143 Å². The minimum absolute atomic E-state index is 0.280. The van der Waals surface area contributed by atoms with Crippen LogP contribution in [0.25, 0.3) is 0 Å². The summed E-state index contributed by atoms with van der Waals surface area (Å²) in [4.78, 5) is 13.6. The van der Waals surface area contributed by atoms with Crippen molar-refractivity contribution in [1.29, 1.82) is 0 Å². The van der Waals surface area contributed by atoms with E-state index in [4.69, 9.17) is 0 Å². The SMILES string of the molecule is Cc1ccc([C@@H]2CC[C@H](N(C)C)c3cc(C(=O)O)ccc32)cc1C. The van der Waals surface area contributed by atoms with Crippen LogP contribution >= 0.6 is 0 Å². The molecule has 0 aliphatic heterocycles. The van der Waals surface area contributed by atoms with Gasteiger partial charge in [0.1, 0.15) is 0 Å². The average Bonchev–Trinajstić information content (AvgIpc) is 2.55. The average molecular weight is 323 g/mol. The van der Waals surface area contributed by atoms with Gasteiger partial charge in [0.25, 0.3) is 0 Å². The van der Waals surface area contributed by atoms with E-state index in [0.29, 0.717) is 11.5 Å². The van der Waals surface area contributed by atoms with Crippen LogP contribution in [0.4, 0.5) is 0 Å². The van der Waals surface area contributed by atoms with Crippen LogP contribution in [-0.4, -0.2) is 30.1 Å². The van der Waals surface area contributed by atoms with Crippen LogP contribution in [0.15, 0.2) is 36.4 Å². The van der Waals surface area contributed by atoms with Gasteiger partial charge in [-0.1, -0.05) is 24.3 Å². The summed E-state index contributed by atoms with van der Waals surface area (Å²) in [6.07, 6.45) is 2.13. The predicted molar refractivity (Wildman–Crippen MR) is 96.8 cm³/mol.